The van der Waals surface area contributed by atoms with Gasteiger partial charge < -0.3 is 9.73 Å². The fourth-order valence-corrected chi connectivity index (χ4v) is 2.90. The molecule has 0 bridgehead atoms. The fourth-order valence-electron chi connectivity index (χ4n) is 1.99. The molecular formula is C15H17N3O2S. The number of aromatic amines is 1. The molecule has 0 amide bonds. The minimum Gasteiger partial charge on any atom is -0.408 e. The number of nitrogens with one attached hydrogen (secondary N) is 2. The zero-order valence-corrected chi connectivity index (χ0v) is 13.0. The molecule has 21 heavy (non-hydrogen) atoms. The number of oxazole rings is 1. The average molecular weight is 303 g/mol. The Morgan fingerprint density at radius 3 is 2.90 bits per heavy atom. The lowest BCUT2D eigenvalue weighted by Crippen LogP contribution is -2.09. The maximum atomic E-state index is 11.1. The summed E-state index contributed by atoms with van der Waals surface area (Å²) in [7, 11) is 0. The Hall–Kier alpha value is -2.08. The van der Waals surface area contributed by atoms with Crippen molar-refractivity contribution in [3.63, 3.8) is 0 Å². The Kier molecular flexibility index (Phi) is 3.33. The number of benzene rings is 1. The number of H-pyrrole nitrogens is 1. The largest absolute Gasteiger partial charge is 0.417 e. The SMILES string of the molecule is CC(C)(C)c1ncc(CNc2ccc3oc(=O)[nH]c3c2)s1. The van der Waals surface area contributed by atoms with Gasteiger partial charge in [0.25, 0.3) is 0 Å². The molecule has 0 saturated carbocycles. The number of aromatic nitrogens is 2. The molecule has 0 saturated heterocycles. The number of anilines is 1. The topological polar surface area (TPSA) is 70.9 Å². The molecule has 0 radical (unpaired) electrons. The Bertz CT molecular complexity index is 823. The van der Waals surface area contributed by atoms with Crippen LogP contribution in [-0.4, -0.2) is 9.97 Å². The molecule has 110 valence electrons. The summed E-state index contributed by atoms with van der Waals surface area (Å²) in [6.07, 6.45) is 1.91. The highest BCUT2D eigenvalue weighted by Crippen LogP contribution is 2.27. The van der Waals surface area contributed by atoms with Gasteiger partial charge >= 0.3 is 5.76 Å². The van der Waals surface area contributed by atoms with Gasteiger partial charge in [0.05, 0.1) is 17.1 Å². The van der Waals surface area contributed by atoms with Crippen LogP contribution in [0.4, 0.5) is 5.69 Å². The van der Waals surface area contributed by atoms with E-state index in [0.29, 0.717) is 17.6 Å². The average Bonchev–Trinajstić information content (AvgIpc) is 3.00. The molecule has 0 aliphatic rings. The normalized spacial score (nSPS) is 12.0. The van der Waals surface area contributed by atoms with Gasteiger partial charge in [-0.2, -0.15) is 0 Å². The lowest BCUT2D eigenvalue weighted by atomic mass is 9.98. The number of rotatable bonds is 3. The lowest BCUT2D eigenvalue weighted by Gasteiger charge is -2.13. The standard InChI is InChI=1S/C15H17N3O2S/c1-15(2,3)13-17-8-10(21-13)7-16-9-4-5-12-11(6-9)18-14(19)20-12/h4-6,8,16H,7H2,1-3H3,(H,18,19). The Labute approximate surface area is 126 Å². The van der Waals surface area contributed by atoms with Crippen molar-refractivity contribution in [2.45, 2.75) is 32.7 Å². The van der Waals surface area contributed by atoms with Crippen LogP contribution in [-0.2, 0) is 12.0 Å². The van der Waals surface area contributed by atoms with Gasteiger partial charge in [-0.25, -0.2) is 9.78 Å². The first-order chi connectivity index (χ1) is 9.91. The van der Waals surface area contributed by atoms with E-state index in [1.807, 2.05) is 18.3 Å². The summed E-state index contributed by atoms with van der Waals surface area (Å²) in [6.45, 7) is 7.19. The third kappa shape index (κ3) is 3.00. The second kappa shape index (κ2) is 5.04. The quantitative estimate of drug-likeness (QED) is 0.777. The van der Waals surface area contributed by atoms with Gasteiger partial charge in [-0.15, -0.1) is 11.3 Å². The lowest BCUT2D eigenvalue weighted by molar-refractivity contribution is 0.555. The molecule has 0 aliphatic heterocycles. The molecule has 3 aromatic rings. The molecule has 2 heterocycles. The molecule has 1 aromatic carbocycles. The van der Waals surface area contributed by atoms with Crippen LogP contribution in [0.1, 0.15) is 30.7 Å². The summed E-state index contributed by atoms with van der Waals surface area (Å²) in [6, 6.07) is 5.54. The minimum atomic E-state index is -0.431. The second-order valence-corrected chi connectivity index (χ2v) is 7.08. The molecular weight excluding hydrogens is 286 g/mol. The molecule has 0 fully saturated rings. The van der Waals surface area contributed by atoms with Crippen molar-refractivity contribution in [1.82, 2.24) is 9.97 Å². The highest BCUT2D eigenvalue weighted by Gasteiger charge is 2.17. The van der Waals surface area contributed by atoms with Gasteiger partial charge in [0.2, 0.25) is 0 Å². The maximum absolute atomic E-state index is 11.1. The fraction of sp³-hybridized carbons (Fsp3) is 0.333. The van der Waals surface area contributed by atoms with E-state index >= 15 is 0 Å². The number of fused-ring (bicyclic) bond motifs is 1. The molecule has 0 unspecified atom stereocenters. The highest BCUT2D eigenvalue weighted by atomic mass is 32.1. The van der Waals surface area contributed by atoms with Crippen molar-refractivity contribution in [3.8, 4) is 0 Å². The van der Waals surface area contributed by atoms with Crippen molar-refractivity contribution in [1.29, 1.82) is 0 Å². The molecule has 2 aromatic heterocycles. The monoisotopic (exact) mass is 303 g/mol. The number of hydrogen-bond donors (Lipinski definition) is 2. The first-order valence-electron chi connectivity index (χ1n) is 6.74. The molecule has 0 spiro atoms. The molecule has 0 aliphatic carbocycles. The van der Waals surface area contributed by atoms with E-state index in [2.05, 4.69) is 36.1 Å². The third-order valence-electron chi connectivity index (χ3n) is 3.08. The van der Waals surface area contributed by atoms with Crippen molar-refractivity contribution in [3.05, 3.63) is 44.8 Å². The van der Waals surface area contributed by atoms with Crippen molar-refractivity contribution < 1.29 is 4.42 Å². The van der Waals surface area contributed by atoms with Crippen molar-refractivity contribution >= 4 is 28.1 Å². The summed E-state index contributed by atoms with van der Waals surface area (Å²) in [5.41, 5.74) is 2.28. The number of nitrogens with zero attached hydrogens (tertiary/aromatic N) is 1. The van der Waals surface area contributed by atoms with E-state index < -0.39 is 5.76 Å². The smallest absolute Gasteiger partial charge is 0.408 e. The van der Waals surface area contributed by atoms with Crippen LogP contribution in [0.3, 0.4) is 0 Å². The first kappa shape index (κ1) is 13.9. The number of hydrogen-bond acceptors (Lipinski definition) is 5. The van der Waals surface area contributed by atoms with E-state index in [1.165, 1.54) is 4.88 Å². The molecule has 2 N–H and O–H groups in total. The highest BCUT2D eigenvalue weighted by molar-refractivity contribution is 7.11. The zero-order chi connectivity index (χ0) is 15.0. The van der Waals surface area contributed by atoms with E-state index in [4.69, 9.17) is 4.42 Å². The van der Waals surface area contributed by atoms with E-state index in [1.54, 1.807) is 17.4 Å². The van der Waals surface area contributed by atoms with Gasteiger partial charge in [0, 0.05) is 22.2 Å². The van der Waals surface area contributed by atoms with Crippen LogP contribution >= 0.6 is 11.3 Å². The predicted octanol–water partition coefficient (Wildman–Crippen LogP) is 3.49. The van der Waals surface area contributed by atoms with E-state index in [-0.39, 0.29) is 5.41 Å². The Morgan fingerprint density at radius 2 is 2.19 bits per heavy atom. The maximum Gasteiger partial charge on any atom is 0.417 e. The van der Waals surface area contributed by atoms with Gasteiger partial charge in [-0.1, -0.05) is 20.8 Å². The summed E-state index contributed by atoms with van der Waals surface area (Å²) in [5, 5.41) is 4.47. The van der Waals surface area contributed by atoms with Crippen LogP contribution in [0, 0.1) is 0 Å². The Morgan fingerprint density at radius 1 is 1.38 bits per heavy atom. The van der Waals surface area contributed by atoms with Crippen LogP contribution in [0.2, 0.25) is 0 Å². The summed E-state index contributed by atoms with van der Waals surface area (Å²) in [5.74, 6) is -0.431. The predicted molar refractivity (Wildman–Crippen MR) is 85.0 cm³/mol. The van der Waals surface area contributed by atoms with Crippen LogP contribution in [0.5, 0.6) is 0 Å². The molecule has 6 heteroatoms. The van der Waals surface area contributed by atoms with Crippen LogP contribution in [0.15, 0.2) is 33.6 Å². The molecule has 5 nitrogen and oxygen atoms in total. The number of thiazole rings is 1. The summed E-state index contributed by atoms with van der Waals surface area (Å²) < 4.78 is 4.98. The molecule has 0 atom stereocenters. The van der Waals surface area contributed by atoms with Gasteiger partial charge in [0.15, 0.2) is 5.58 Å². The van der Waals surface area contributed by atoms with E-state index in [0.717, 1.165) is 10.7 Å². The van der Waals surface area contributed by atoms with Gasteiger partial charge in [0.1, 0.15) is 0 Å². The zero-order valence-electron chi connectivity index (χ0n) is 12.2. The third-order valence-corrected chi connectivity index (χ3v) is 4.50. The van der Waals surface area contributed by atoms with Gasteiger partial charge in [-0.3, -0.25) is 4.98 Å². The van der Waals surface area contributed by atoms with Crippen molar-refractivity contribution in [2.24, 2.45) is 0 Å². The first-order valence-corrected chi connectivity index (χ1v) is 7.55. The van der Waals surface area contributed by atoms with Crippen LogP contribution < -0.4 is 11.1 Å². The summed E-state index contributed by atoms with van der Waals surface area (Å²) >= 11 is 1.72. The van der Waals surface area contributed by atoms with Crippen LogP contribution in [0.25, 0.3) is 11.1 Å². The Balaban J connectivity index is 1.74. The van der Waals surface area contributed by atoms with E-state index in [9.17, 15) is 4.79 Å². The summed E-state index contributed by atoms with van der Waals surface area (Å²) in [4.78, 5) is 19.4. The minimum absolute atomic E-state index is 0.0815. The van der Waals surface area contributed by atoms with Crippen molar-refractivity contribution in [2.75, 3.05) is 5.32 Å². The second-order valence-electron chi connectivity index (χ2n) is 5.96. The molecule has 3 rings (SSSR count). The van der Waals surface area contributed by atoms with Gasteiger partial charge in [-0.05, 0) is 18.2 Å².